The summed E-state index contributed by atoms with van der Waals surface area (Å²) in [4.78, 5) is 0. The van der Waals surface area contributed by atoms with Gasteiger partial charge in [0.25, 0.3) is 0 Å². The van der Waals surface area contributed by atoms with E-state index in [2.05, 4.69) is 34.1 Å². The average Bonchev–Trinajstić information content (AvgIpc) is 1.98. The van der Waals surface area contributed by atoms with Crippen LogP contribution < -0.4 is 0 Å². The molecule has 0 aliphatic carbocycles. The third kappa shape index (κ3) is 8.10. The lowest BCUT2D eigenvalue weighted by molar-refractivity contribution is 0.459. The molecule has 12 heavy (non-hydrogen) atoms. The molecule has 0 nitrogen and oxygen atoms in total. The maximum atomic E-state index is 2.36. The van der Waals surface area contributed by atoms with Gasteiger partial charge in [-0.25, -0.2) is 0 Å². The van der Waals surface area contributed by atoms with E-state index in [-0.39, 0.29) is 0 Å². The summed E-state index contributed by atoms with van der Waals surface area (Å²) in [5.74, 6) is 1.79. The van der Waals surface area contributed by atoms with Crippen LogP contribution in [0, 0.1) is 18.3 Å². The van der Waals surface area contributed by atoms with Crippen LogP contribution in [0.1, 0.15) is 59.8 Å². The molecule has 0 aromatic carbocycles. The van der Waals surface area contributed by atoms with E-state index in [0.29, 0.717) is 0 Å². The van der Waals surface area contributed by atoms with E-state index in [1.807, 2.05) is 0 Å². The van der Waals surface area contributed by atoms with E-state index >= 15 is 0 Å². The molecule has 0 fully saturated rings. The molecule has 0 aromatic heterocycles. The van der Waals surface area contributed by atoms with Gasteiger partial charge in [-0.3, -0.25) is 0 Å². The maximum absolute atomic E-state index is 2.36. The first kappa shape index (κ1) is 12.0. The van der Waals surface area contributed by atoms with Crippen molar-refractivity contribution < 1.29 is 0 Å². The smallest absolute Gasteiger partial charge is 0.0414 e. The Morgan fingerprint density at radius 2 is 1.58 bits per heavy atom. The fraction of sp³-hybridized carbons (Fsp3) is 0.917. The summed E-state index contributed by atoms with van der Waals surface area (Å²) < 4.78 is 0. The molecule has 0 amide bonds. The number of rotatable bonds is 7. The van der Waals surface area contributed by atoms with Crippen LogP contribution in [0.15, 0.2) is 0 Å². The number of unbranched alkanes of at least 4 members (excludes halogenated alkanes) is 1. The second kappa shape index (κ2) is 7.64. The van der Waals surface area contributed by atoms with Gasteiger partial charge in [-0.2, -0.15) is 0 Å². The molecule has 0 N–H and O–H groups in total. The molecule has 0 spiro atoms. The summed E-state index contributed by atoms with van der Waals surface area (Å²) in [5.41, 5.74) is 0. The van der Waals surface area contributed by atoms with Crippen LogP contribution in [0.5, 0.6) is 0 Å². The summed E-state index contributed by atoms with van der Waals surface area (Å²) in [6, 6.07) is 0. The highest BCUT2D eigenvalue weighted by Crippen LogP contribution is 2.15. The molecular formula is C12H25. The van der Waals surface area contributed by atoms with Crippen molar-refractivity contribution in [2.45, 2.75) is 59.8 Å². The molecule has 0 bridgehead atoms. The van der Waals surface area contributed by atoms with Crippen LogP contribution in [0.2, 0.25) is 0 Å². The van der Waals surface area contributed by atoms with Gasteiger partial charge in [-0.15, -0.1) is 0 Å². The number of hydrogen-bond donors (Lipinski definition) is 0. The van der Waals surface area contributed by atoms with Gasteiger partial charge in [0.05, 0.1) is 0 Å². The molecule has 0 rings (SSSR count). The van der Waals surface area contributed by atoms with Crippen molar-refractivity contribution in [3.8, 4) is 0 Å². The lowest BCUT2D eigenvalue weighted by atomic mass is 9.97. The molecule has 1 radical (unpaired) electrons. The molecule has 73 valence electrons. The predicted molar refractivity (Wildman–Crippen MR) is 57.1 cm³/mol. The van der Waals surface area contributed by atoms with Gasteiger partial charge in [-0.1, -0.05) is 53.4 Å². The molecule has 1 unspecified atom stereocenters. The fourth-order valence-corrected chi connectivity index (χ4v) is 1.57. The Labute approximate surface area is 78.8 Å². The standard InChI is InChI=1S/C12H25/c1-5-8-12(4)10-7-6-9-11(2)3/h5,11-12H,6-10H2,1-4H3. The van der Waals surface area contributed by atoms with Gasteiger partial charge < -0.3 is 0 Å². The van der Waals surface area contributed by atoms with Gasteiger partial charge in [0, 0.05) is 0 Å². The quantitative estimate of drug-likeness (QED) is 0.494. The Bertz CT molecular complexity index is 84.0. The van der Waals surface area contributed by atoms with E-state index in [1.165, 1.54) is 32.1 Å². The molecular weight excluding hydrogens is 144 g/mol. The van der Waals surface area contributed by atoms with Crippen molar-refractivity contribution in [2.24, 2.45) is 11.8 Å². The highest BCUT2D eigenvalue weighted by molar-refractivity contribution is 4.62. The van der Waals surface area contributed by atoms with E-state index in [1.54, 1.807) is 0 Å². The monoisotopic (exact) mass is 169 g/mol. The molecule has 1 atom stereocenters. The first-order valence-electron chi connectivity index (χ1n) is 5.44. The van der Waals surface area contributed by atoms with Crippen molar-refractivity contribution >= 4 is 0 Å². The summed E-state index contributed by atoms with van der Waals surface area (Å²) in [7, 11) is 0. The Balaban J connectivity index is 3.08. The second-order valence-electron chi connectivity index (χ2n) is 4.43. The molecule has 0 heterocycles. The first-order chi connectivity index (χ1) is 5.66. The zero-order valence-electron chi connectivity index (χ0n) is 9.27. The maximum Gasteiger partial charge on any atom is -0.0414 e. The van der Waals surface area contributed by atoms with Gasteiger partial charge in [0.2, 0.25) is 0 Å². The molecule has 0 heteroatoms. The average molecular weight is 169 g/mol. The van der Waals surface area contributed by atoms with Crippen LogP contribution in [-0.4, -0.2) is 0 Å². The summed E-state index contributed by atoms with van der Waals surface area (Å²) in [6.07, 6.45) is 9.24. The van der Waals surface area contributed by atoms with Crippen molar-refractivity contribution in [3.63, 3.8) is 0 Å². The minimum Gasteiger partial charge on any atom is -0.0628 e. The molecule has 0 saturated heterocycles. The molecule has 0 saturated carbocycles. The second-order valence-corrected chi connectivity index (χ2v) is 4.43. The normalized spacial score (nSPS) is 13.8. The third-order valence-electron chi connectivity index (χ3n) is 2.37. The summed E-state index contributed by atoms with van der Waals surface area (Å²) in [5, 5.41) is 0. The highest BCUT2D eigenvalue weighted by atomic mass is 14.1. The topological polar surface area (TPSA) is 0 Å². The lowest BCUT2D eigenvalue weighted by Gasteiger charge is -2.09. The Morgan fingerprint density at radius 1 is 1.00 bits per heavy atom. The molecule has 0 aromatic rings. The minimum atomic E-state index is 0.887. The van der Waals surface area contributed by atoms with Crippen LogP contribution in [-0.2, 0) is 0 Å². The number of hydrogen-bond acceptors (Lipinski definition) is 0. The van der Waals surface area contributed by atoms with Crippen LogP contribution >= 0.6 is 0 Å². The van der Waals surface area contributed by atoms with Gasteiger partial charge in [0.15, 0.2) is 0 Å². The van der Waals surface area contributed by atoms with Gasteiger partial charge in [0.1, 0.15) is 0 Å². The minimum absolute atomic E-state index is 0.887. The Morgan fingerprint density at radius 3 is 2.08 bits per heavy atom. The predicted octanol–water partition coefficient (Wildman–Crippen LogP) is 4.45. The van der Waals surface area contributed by atoms with Crippen molar-refractivity contribution in [1.82, 2.24) is 0 Å². The zero-order valence-corrected chi connectivity index (χ0v) is 9.27. The van der Waals surface area contributed by atoms with Crippen LogP contribution in [0.3, 0.4) is 0 Å². The largest absolute Gasteiger partial charge is 0.0628 e. The van der Waals surface area contributed by atoms with Crippen molar-refractivity contribution in [3.05, 3.63) is 6.42 Å². The lowest BCUT2D eigenvalue weighted by Crippen LogP contribution is -1.95. The van der Waals surface area contributed by atoms with Crippen LogP contribution in [0.4, 0.5) is 0 Å². The van der Waals surface area contributed by atoms with E-state index in [0.717, 1.165) is 11.8 Å². The fourth-order valence-electron chi connectivity index (χ4n) is 1.57. The van der Waals surface area contributed by atoms with Gasteiger partial charge in [-0.05, 0) is 24.7 Å². The van der Waals surface area contributed by atoms with Crippen molar-refractivity contribution in [1.29, 1.82) is 0 Å². The summed E-state index contributed by atoms with van der Waals surface area (Å²) in [6.45, 7) is 9.13. The van der Waals surface area contributed by atoms with Crippen molar-refractivity contribution in [2.75, 3.05) is 0 Å². The van der Waals surface area contributed by atoms with E-state index in [4.69, 9.17) is 0 Å². The van der Waals surface area contributed by atoms with Crippen LogP contribution in [0.25, 0.3) is 0 Å². The SMILES string of the molecule is C[CH]CC(C)CCCCC(C)C. The first-order valence-corrected chi connectivity index (χ1v) is 5.44. The summed E-state index contributed by atoms with van der Waals surface area (Å²) >= 11 is 0. The highest BCUT2D eigenvalue weighted by Gasteiger charge is 2.00. The van der Waals surface area contributed by atoms with E-state index < -0.39 is 0 Å². The third-order valence-corrected chi connectivity index (χ3v) is 2.37. The Kier molecular flexibility index (Phi) is 7.64. The van der Waals surface area contributed by atoms with Gasteiger partial charge >= 0.3 is 0 Å². The van der Waals surface area contributed by atoms with E-state index in [9.17, 15) is 0 Å². The zero-order chi connectivity index (χ0) is 9.40. The molecule has 0 aliphatic heterocycles. The molecule has 0 aliphatic rings. The Hall–Kier alpha value is 0.